The maximum atomic E-state index is 9.69. The van der Waals surface area contributed by atoms with Gasteiger partial charge in [0.2, 0.25) is 0 Å². The molecular weight excluding hydrogens is 486 g/mol. The normalized spacial score (nSPS) is 11.5. The maximum absolute atomic E-state index is 9.69. The molecule has 0 spiro atoms. The average molecular weight is 510 g/mol. The lowest BCUT2D eigenvalue weighted by Gasteiger charge is -2.15. The summed E-state index contributed by atoms with van der Waals surface area (Å²) in [6.45, 7) is 0. The zero-order chi connectivity index (χ0) is 26.6. The Morgan fingerprint density at radius 3 is 1.65 bits per heavy atom. The summed E-state index contributed by atoms with van der Waals surface area (Å²) in [6.07, 6.45) is 0. The molecule has 3 nitrogen and oxygen atoms in total. The van der Waals surface area contributed by atoms with Crippen LogP contribution in [0.3, 0.4) is 0 Å². The van der Waals surface area contributed by atoms with E-state index in [9.17, 15) is 5.26 Å². The summed E-state index contributed by atoms with van der Waals surface area (Å²) >= 11 is 0. The Hall–Kier alpha value is -5.59. The van der Waals surface area contributed by atoms with Crippen LogP contribution in [-0.2, 0) is 0 Å². The Morgan fingerprint density at radius 1 is 0.450 bits per heavy atom. The zero-order valence-corrected chi connectivity index (χ0v) is 21.6. The van der Waals surface area contributed by atoms with E-state index in [1.807, 2.05) is 30.3 Å². The summed E-state index contributed by atoms with van der Waals surface area (Å²) < 4.78 is 4.71. The van der Waals surface area contributed by atoms with Crippen LogP contribution in [0.1, 0.15) is 5.56 Å². The molecule has 0 bridgehead atoms. The van der Waals surface area contributed by atoms with E-state index in [4.69, 9.17) is 0 Å². The second-order valence-corrected chi connectivity index (χ2v) is 10.1. The van der Waals surface area contributed by atoms with Crippen molar-refractivity contribution in [3.05, 3.63) is 145 Å². The largest absolute Gasteiger partial charge is 0.309 e. The Labute approximate surface area is 231 Å². The van der Waals surface area contributed by atoms with E-state index < -0.39 is 0 Å². The molecule has 0 aliphatic carbocycles. The highest BCUT2D eigenvalue weighted by Gasteiger charge is 2.18. The van der Waals surface area contributed by atoms with Gasteiger partial charge in [0.15, 0.2) is 0 Å². The van der Waals surface area contributed by atoms with Gasteiger partial charge in [-0.05, 0) is 60.2 Å². The van der Waals surface area contributed by atoms with Gasteiger partial charge in [0, 0.05) is 32.8 Å². The second kappa shape index (κ2) is 8.73. The van der Waals surface area contributed by atoms with Gasteiger partial charge in [0.25, 0.3) is 0 Å². The summed E-state index contributed by atoms with van der Waals surface area (Å²) in [5, 5.41) is 14.6. The van der Waals surface area contributed by atoms with Gasteiger partial charge in [-0.15, -0.1) is 0 Å². The third kappa shape index (κ3) is 3.24. The van der Waals surface area contributed by atoms with Crippen molar-refractivity contribution < 1.29 is 0 Å². The molecule has 2 aromatic heterocycles. The number of rotatable bonds is 3. The highest BCUT2D eigenvalue weighted by Crippen LogP contribution is 2.39. The van der Waals surface area contributed by atoms with Crippen LogP contribution in [0.4, 0.5) is 0 Å². The van der Waals surface area contributed by atoms with Gasteiger partial charge in [-0.1, -0.05) is 84.9 Å². The first kappa shape index (κ1) is 22.4. The van der Waals surface area contributed by atoms with E-state index >= 15 is 0 Å². The van der Waals surface area contributed by atoms with Gasteiger partial charge in [-0.25, -0.2) is 0 Å². The van der Waals surface area contributed by atoms with Crippen molar-refractivity contribution >= 4 is 43.6 Å². The van der Waals surface area contributed by atoms with Crippen LogP contribution in [-0.4, -0.2) is 9.13 Å². The number of nitrogens with zero attached hydrogens (tertiary/aromatic N) is 3. The molecule has 40 heavy (non-hydrogen) atoms. The first-order valence-electron chi connectivity index (χ1n) is 13.4. The molecule has 6 aromatic carbocycles. The van der Waals surface area contributed by atoms with Gasteiger partial charge in [0.1, 0.15) is 0 Å². The first-order chi connectivity index (χ1) is 19.8. The van der Waals surface area contributed by atoms with Gasteiger partial charge in [-0.3, -0.25) is 0 Å². The maximum Gasteiger partial charge on any atom is 0.0991 e. The van der Waals surface area contributed by atoms with Gasteiger partial charge < -0.3 is 9.13 Å². The van der Waals surface area contributed by atoms with Crippen LogP contribution >= 0.6 is 0 Å². The molecule has 0 radical (unpaired) electrons. The van der Waals surface area contributed by atoms with Gasteiger partial charge in [0.05, 0.1) is 39.4 Å². The molecule has 0 fully saturated rings. The minimum absolute atomic E-state index is 0.650. The number of fused-ring (bicyclic) bond motifs is 6. The van der Waals surface area contributed by atoms with Crippen molar-refractivity contribution in [1.82, 2.24) is 9.13 Å². The number of benzene rings is 6. The number of hydrogen-bond acceptors (Lipinski definition) is 1. The molecule has 8 rings (SSSR count). The van der Waals surface area contributed by atoms with E-state index in [1.54, 1.807) is 0 Å². The summed E-state index contributed by atoms with van der Waals surface area (Å²) in [5.74, 6) is 0. The molecule has 0 amide bonds. The Bertz CT molecular complexity index is 2220. The Morgan fingerprint density at radius 2 is 1.00 bits per heavy atom. The fraction of sp³-hybridized carbons (Fsp3) is 0. The lowest BCUT2D eigenvalue weighted by atomic mass is 10.0. The molecule has 3 heteroatoms. The average Bonchev–Trinajstić information content (AvgIpc) is 3.54. The molecule has 0 N–H and O–H groups in total. The monoisotopic (exact) mass is 509 g/mol. The van der Waals surface area contributed by atoms with Crippen molar-refractivity contribution in [2.24, 2.45) is 0 Å². The molecular formula is C37H23N3. The Kier molecular flexibility index (Phi) is 4.89. The molecule has 0 saturated carbocycles. The van der Waals surface area contributed by atoms with E-state index in [2.05, 4.69) is 124 Å². The van der Waals surface area contributed by atoms with E-state index in [0.717, 1.165) is 33.5 Å². The first-order valence-corrected chi connectivity index (χ1v) is 13.4. The van der Waals surface area contributed by atoms with E-state index in [1.165, 1.54) is 32.6 Å². The molecule has 0 aliphatic heterocycles. The molecule has 0 atom stereocenters. The number of aromatic nitrogens is 2. The van der Waals surface area contributed by atoms with Gasteiger partial charge >= 0.3 is 0 Å². The third-order valence-electron chi connectivity index (χ3n) is 7.95. The van der Waals surface area contributed by atoms with Gasteiger partial charge in [-0.2, -0.15) is 5.26 Å². The number of nitriles is 1. The predicted molar refractivity (Wildman–Crippen MR) is 165 cm³/mol. The van der Waals surface area contributed by atoms with Crippen LogP contribution in [0.15, 0.2) is 140 Å². The summed E-state index contributed by atoms with van der Waals surface area (Å²) in [5.41, 5.74) is 9.63. The van der Waals surface area contributed by atoms with Crippen LogP contribution in [0.25, 0.3) is 66.1 Å². The van der Waals surface area contributed by atoms with Crippen molar-refractivity contribution in [3.8, 4) is 28.6 Å². The molecule has 0 unspecified atom stereocenters. The SMILES string of the molecule is N#Cc1ccc(-n2c3ccccc3c3cc(-n4c5ccccc5c5ccccc54)ccc32)c(-c2ccccc2)c1. The van der Waals surface area contributed by atoms with Crippen LogP contribution in [0.2, 0.25) is 0 Å². The fourth-order valence-electron chi connectivity index (χ4n) is 6.21. The van der Waals surface area contributed by atoms with Crippen LogP contribution < -0.4 is 0 Å². The highest BCUT2D eigenvalue weighted by atomic mass is 15.0. The van der Waals surface area contributed by atoms with Crippen LogP contribution in [0, 0.1) is 11.3 Å². The van der Waals surface area contributed by atoms with Crippen molar-refractivity contribution in [3.63, 3.8) is 0 Å². The Balaban J connectivity index is 1.44. The third-order valence-corrected chi connectivity index (χ3v) is 7.95. The second-order valence-electron chi connectivity index (χ2n) is 10.1. The summed E-state index contributed by atoms with van der Waals surface area (Å²) in [7, 11) is 0. The molecule has 0 aliphatic rings. The number of para-hydroxylation sites is 3. The van der Waals surface area contributed by atoms with Crippen molar-refractivity contribution in [1.29, 1.82) is 5.26 Å². The highest BCUT2D eigenvalue weighted by molar-refractivity contribution is 6.12. The molecule has 8 aromatic rings. The van der Waals surface area contributed by atoms with Crippen molar-refractivity contribution in [2.75, 3.05) is 0 Å². The molecule has 186 valence electrons. The number of hydrogen-bond donors (Lipinski definition) is 0. The zero-order valence-electron chi connectivity index (χ0n) is 21.6. The van der Waals surface area contributed by atoms with Crippen LogP contribution in [0.5, 0.6) is 0 Å². The molecule has 0 saturated heterocycles. The predicted octanol–water partition coefficient (Wildman–Crippen LogP) is 9.42. The summed E-state index contributed by atoms with van der Waals surface area (Å²) in [6, 6.07) is 51.2. The fourth-order valence-corrected chi connectivity index (χ4v) is 6.21. The lowest BCUT2D eigenvalue weighted by molar-refractivity contribution is 1.16. The topological polar surface area (TPSA) is 33.6 Å². The van der Waals surface area contributed by atoms with E-state index in [-0.39, 0.29) is 0 Å². The summed E-state index contributed by atoms with van der Waals surface area (Å²) in [4.78, 5) is 0. The minimum atomic E-state index is 0.650. The smallest absolute Gasteiger partial charge is 0.0991 e. The van der Waals surface area contributed by atoms with E-state index in [0.29, 0.717) is 5.56 Å². The standard InChI is InChI=1S/C37H23N3/c38-24-25-18-20-36(31(22-25)26-10-2-1-3-11-26)40-35-17-9-6-14-30(35)32-23-27(19-21-37(32)40)39-33-15-7-4-12-28(33)29-13-5-8-16-34(29)39/h1-23H. The molecule has 2 heterocycles. The minimum Gasteiger partial charge on any atom is -0.309 e. The lowest BCUT2D eigenvalue weighted by Crippen LogP contribution is -1.98. The van der Waals surface area contributed by atoms with Crippen molar-refractivity contribution in [2.45, 2.75) is 0 Å². The quantitative estimate of drug-likeness (QED) is 0.233.